The number of carbonyl (C=O) groups excluding carboxylic acids is 1. The Bertz CT molecular complexity index is 290. The molecule has 0 saturated heterocycles. The number of ether oxygens (including phenoxy) is 1. The van der Waals surface area contributed by atoms with Gasteiger partial charge >= 0.3 is 5.97 Å². The molecule has 0 aromatic carbocycles. The molecule has 0 aromatic heterocycles. The fourth-order valence-electron chi connectivity index (χ4n) is 1.33. The Morgan fingerprint density at radius 3 is 2.56 bits per heavy atom. The average Bonchev–Trinajstić information content (AvgIpc) is 2.34. The van der Waals surface area contributed by atoms with Crippen LogP contribution in [0.1, 0.15) is 52.4 Å². The molecule has 1 atom stereocenters. The van der Waals surface area contributed by atoms with Gasteiger partial charge in [-0.15, -0.1) is 0 Å². The highest BCUT2D eigenvalue weighted by atomic mass is 32.2. The van der Waals surface area contributed by atoms with Crippen LogP contribution in [0.4, 0.5) is 4.39 Å². The Morgan fingerprint density at radius 2 is 1.94 bits per heavy atom. The lowest BCUT2D eigenvalue weighted by molar-refractivity contribution is -0.142. The average molecular weight is 278 g/mol. The second-order valence-electron chi connectivity index (χ2n) is 4.05. The molecule has 0 N–H and O–H groups in total. The normalized spacial score (nSPS) is 13.4. The van der Waals surface area contributed by atoms with E-state index in [2.05, 4.69) is 6.92 Å². The molecule has 3 nitrogen and oxygen atoms in total. The smallest absolute Gasteiger partial charge is 0.306 e. The Labute approximate surface area is 111 Å². The maximum Gasteiger partial charge on any atom is 0.306 e. The van der Waals surface area contributed by atoms with Crippen molar-refractivity contribution in [3.05, 3.63) is 11.2 Å². The number of hydrogen-bond acceptors (Lipinski definition) is 3. The summed E-state index contributed by atoms with van der Waals surface area (Å²) in [5.41, 5.74) is 0. The highest BCUT2D eigenvalue weighted by Crippen LogP contribution is 2.08. The molecule has 0 saturated carbocycles. The van der Waals surface area contributed by atoms with Gasteiger partial charge in [0.1, 0.15) is 6.61 Å². The van der Waals surface area contributed by atoms with Crippen molar-refractivity contribution >= 4 is 16.8 Å². The number of hydrogen-bond donors (Lipinski definition) is 0. The van der Waals surface area contributed by atoms with Gasteiger partial charge in [-0.1, -0.05) is 33.1 Å². The minimum Gasteiger partial charge on any atom is -0.461 e. The topological polar surface area (TPSA) is 43.4 Å². The third kappa shape index (κ3) is 9.33. The zero-order valence-electron chi connectivity index (χ0n) is 11.2. The molecule has 0 aromatic rings. The lowest BCUT2D eigenvalue weighted by atomic mass is 10.2. The summed E-state index contributed by atoms with van der Waals surface area (Å²) < 4.78 is 29.5. The summed E-state index contributed by atoms with van der Waals surface area (Å²) in [4.78, 5) is 11.0. The van der Waals surface area contributed by atoms with Gasteiger partial charge in [0.05, 0.1) is 10.8 Å². The molecule has 0 bridgehead atoms. The molecule has 0 heterocycles. The Morgan fingerprint density at radius 1 is 1.22 bits per heavy atom. The molecule has 18 heavy (non-hydrogen) atoms. The molecule has 5 heteroatoms. The quantitative estimate of drug-likeness (QED) is 0.454. The highest BCUT2D eigenvalue weighted by molar-refractivity contribution is 7.88. The first-order chi connectivity index (χ1) is 8.61. The van der Waals surface area contributed by atoms with Crippen LogP contribution >= 0.6 is 0 Å². The number of carbonyl (C=O) groups is 1. The van der Waals surface area contributed by atoms with Crippen LogP contribution in [0.15, 0.2) is 11.2 Å². The Kier molecular flexibility index (Phi) is 10.9. The summed E-state index contributed by atoms with van der Waals surface area (Å²) in [5.74, 6) is -0.0131. The minimum absolute atomic E-state index is 0.134. The lowest BCUT2D eigenvalue weighted by Crippen LogP contribution is -2.05. The van der Waals surface area contributed by atoms with E-state index in [-0.39, 0.29) is 12.6 Å². The molecule has 0 aliphatic carbocycles. The Hall–Kier alpha value is -0.710. The third-order valence-corrected chi connectivity index (χ3v) is 3.60. The molecule has 0 fully saturated rings. The summed E-state index contributed by atoms with van der Waals surface area (Å²) >= 11 is 0. The zero-order valence-corrected chi connectivity index (χ0v) is 12.1. The predicted octanol–water partition coefficient (Wildman–Crippen LogP) is 3.47. The highest BCUT2D eigenvalue weighted by Gasteiger charge is 2.06. The number of esters is 1. The third-order valence-electron chi connectivity index (χ3n) is 2.34. The molecule has 1 unspecified atom stereocenters. The van der Waals surface area contributed by atoms with Crippen molar-refractivity contribution in [2.24, 2.45) is 0 Å². The van der Waals surface area contributed by atoms with Crippen LogP contribution in [0, 0.1) is 0 Å². The van der Waals surface area contributed by atoms with Crippen molar-refractivity contribution in [2.75, 3.05) is 12.4 Å². The van der Waals surface area contributed by atoms with E-state index in [1.54, 1.807) is 0 Å². The van der Waals surface area contributed by atoms with Crippen molar-refractivity contribution in [1.82, 2.24) is 0 Å². The van der Waals surface area contributed by atoms with E-state index in [9.17, 15) is 13.4 Å². The van der Waals surface area contributed by atoms with E-state index >= 15 is 0 Å². The van der Waals surface area contributed by atoms with Crippen LogP contribution in [0.5, 0.6) is 0 Å². The van der Waals surface area contributed by atoms with E-state index in [4.69, 9.17) is 4.74 Å². The minimum atomic E-state index is -1.58. The van der Waals surface area contributed by atoms with E-state index in [1.165, 1.54) is 0 Å². The van der Waals surface area contributed by atoms with Crippen LogP contribution in [-0.2, 0) is 20.3 Å². The first-order valence-electron chi connectivity index (χ1n) is 6.51. The van der Waals surface area contributed by atoms with E-state index < -0.39 is 16.0 Å². The van der Waals surface area contributed by atoms with Crippen LogP contribution in [0.2, 0.25) is 0 Å². The van der Waals surface area contributed by atoms with Crippen molar-refractivity contribution in [2.45, 2.75) is 52.4 Å². The van der Waals surface area contributed by atoms with Gasteiger partial charge in [0.2, 0.25) is 0 Å². The summed E-state index contributed by atoms with van der Waals surface area (Å²) in [6.45, 7) is 3.82. The van der Waals surface area contributed by atoms with Crippen LogP contribution in [0.3, 0.4) is 0 Å². The zero-order chi connectivity index (χ0) is 13.8. The SMILES string of the molecule is CCCCCCS(=O)/C(F)=C/COC(=O)CCC. The van der Waals surface area contributed by atoms with Gasteiger partial charge < -0.3 is 4.74 Å². The fraction of sp³-hybridized carbons (Fsp3) is 0.769. The number of halogens is 1. The van der Waals surface area contributed by atoms with Crippen molar-refractivity contribution in [3.8, 4) is 0 Å². The van der Waals surface area contributed by atoms with E-state index in [0.717, 1.165) is 31.8 Å². The van der Waals surface area contributed by atoms with Crippen LogP contribution < -0.4 is 0 Å². The predicted molar refractivity (Wildman–Crippen MR) is 72.2 cm³/mol. The van der Waals surface area contributed by atoms with Gasteiger partial charge in [-0.05, 0) is 18.9 Å². The van der Waals surface area contributed by atoms with E-state index in [0.29, 0.717) is 18.6 Å². The monoisotopic (exact) mass is 278 g/mol. The van der Waals surface area contributed by atoms with Crippen LogP contribution in [-0.4, -0.2) is 22.5 Å². The van der Waals surface area contributed by atoms with Gasteiger partial charge in [-0.2, -0.15) is 4.39 Å². The maximum absolute atomic E-state index is 13.3. The van der Waals surface area contributed by atoms with Gasteiger partial charge in [-0.3, -0.25) is 9.00 Å². The summed E-state index contributed by atoms with van der Waals surface area (Å²) in [6, 6.07) is 0. The van der Waals surface area contributed by atoms with Gasteiger partial charge in [0.15, 0.2) is 5.16 Å². The van der Waals surface area contributed by atoms with Crippen molar-refractivity contribution in [1.29, 1.82) is 0 Å². The summed E-state index contributed by atoms with van der Waals surface area (Å²) in [5, 5.41) is -0.684. The molecule has 0 spiro atoms. The standard InChI is InChI=1S/C13H23FO3S/c1-3-5-6-7-11-18(16)12(14)9-10-17-13(15)8-4-2/h9H,3-8,10-11H2,1-2H3/b12-9+. The van der Waals surface area contributed by atoms with Crippen molar-refractivity contribution in [3.63, 3.8) is 0 Å². The second kappa shape index (κ2) is 11.4. The van der Waals surface area contributed by atoms with Gasteiger partial charge in [0.25, 0.3) is 0 Å². The fourth-order valence-corrected chi connectivity index (χ4v) is 2.24. The molecule has 106 valence electrons. The molecule has 0 aliphatic heterocycles. The van der Waals surface area contributed by atoms with Crippen molar-refractivity contribution < 1.29 is 18.1 Å². The number of unbranched alkanes of at least 4 members (excludes halogenated alkanes) is 3. The second-order valence-corrected chi connectivity index (χ2v) is 5.54. The van der Waals surface area contributed by atoms with Crippen LogP contribution in [0.25, 0.3) is 0 Å². The van der Waals surface area contributed by atoms with Gasteiger partial charge in [-0.25, -0.2) is 0 Å². The number of rotatable bonds is 10. The molecule has 0 rings (SSSR count). The molecule has 0 amide bonds. The molecule has 0 aliphatic rings. The summed E-state index contributed by atoms with van der Waals surface area (Å²) in [7, 11) is -1.58. The molecular weight excluding hydrogens is 255 g/mol. The van der Waals surface area contributed by atoms with Gasteiger partial charge in [0, 0.05) is 12.2 Å². The molecular formula is C13H23FO3S. The first-order valence-corrected chi connectivity index (χ1v) is 7.83. The largest absolute Gasteiger partial charge is 0.461 e. The molecule has 0 radical (unpaired) electrons. The summed E-state index contributed by atoms with van der Waals surface area (Å²) in [6.07, 6.45) is 6.03. The lowest BCUT2D eigenvalue weighted by Gasteiger charge is -2.01. The maximum atomic E-state index is 13.3. The van der Waals surface area contributed by atoms with E-state index in [1.807, 2.05) is 6.92 Å². The first kappa shape index (κ1) is 17.3. The Balaban J connectivity index is 3.80.